The Bertz CT molecular complexity index is 994. The molecule has 1 amide bonds. The molecule has 0 heterocycles. The van der Waals surface area contributed by atoms with Gasteiger partial charge in [-0.1, -0.05) is 36.4 Å². The lowest BCUT2D eigenvalue weighted by Gasteiger charge is -2.15. The average molecular weight is 362 g/mol. The van der Waals surface area contributed by atoms with E-state index in [1.54, 1.807) is 19.1 Å². The number of nitro benzene ring substituents is 1. The van der Waals surface area contributed by atoms with Crippen molar-refractivity contribution in [3.8, 4) is 0 Å². The second-order valence-electron chi connectivity index (χ2n) is 5.98. The molecule has 3 aromatic rings. The maximum Gasteiger partial charge on any atom is 0.269 e. The number of rotatable bonds is 6. The van der Waals surface area contributed by atoms with E-state index in [0.29, 0.717) is 5.56 Å². The first-order chi connectivity index (χ1) is 13.0. The van der Waals surface area contributed by atoms with Crippen molar-refractivity contribution in [1.29, 1.82) is 0 Å². The Hall–Kier alpha value is -3.74. The summed E-state index contributed by atoms with van der Waals surface area (Å²) in [5.41, 5.74) is 3.99. The molecule has 0 bridgehead atoms. The minimum absolute atomic E-state index is 0.00379. The Morgan fingerprint density at radius 3 is 2.52 bits per heavy atom. The summed E-state index contributed by atoms with van der Waals surface area (Å²) in [6.45, 7) is 1.75. The first kappa shape index (κ1) is 18.1. The molecule has 27 heavy (non-hydrogen) atoms. The van der Waals surface area contributed by atoms with Crippen molar-refractivity contribution in [1.82, 2.24) is 5.43 Å². The van der Waals surface area contributed by atoms with Crippen molar-refractivity contribution in [2.24, 2.45) is 5.10 Å². The number of carbonyl (C=O) groups is 1. The molecule has 1 unspecified atom stereocenters. The highest BCUT2D eigenvalue weighted by Gasteiger charge is 2.13. The molecule has 7 heteroatoms. The molecular weight excluding hydrogens is 344 g/mol. The third-order valence-electron chi connectivity index (χ3n) is 4.05. The van der Waals surface area contributed by atoms with Gasteiger partial charge in [0, 0.05) is 23.2 Å². The molecule has 0 fully saturated rings. The third-order valence-corrected chi connectivity index (χ3v) is 4.05. The Morgan fingerprint density at radius 2 is 1.78 bits per heavy atom. The van der Waals surface area contributed by atoms with Gasteiger partial charge in [0.25, 0.3) is 11.6 Å². The molecule has 0 aromatic heterocycles. The minimum atomic E-state index is -0.496. The number of anilines is 1. The molecule has 0 aliphatic rings. The molecule has 1 atom stereocenters. The van der Waals surface area contributed by atoms with Gasteiger partial charge in [0.2, 0.25) is 0 Å². The summed E-state index contributed by atoms with van der Waals surface area (Å²) in [7, 11) is 0. The summed E-state index contributed by atoms with van der Waals surface area (Å²) in [6.07, 6.45) is 1.44. The van der Waals surface area contributed by atoms with Crippen molar-refractivity contribution in [3.05, 3.63) is 82.4 Å². The fourth-order valence-corrected chi connectivity index (χ4v) is 2.60. The number of fused-ring (bicyclic) bond motifs is 1. The standard InChI is InChI=1S/C20H18N4O3/c1-14(22-19-8-4-6-16-5-2-3-7-18(16)19)20(25)23-21-13-15-9-11-17(12-10-15)24(26)27/h2-14,22H,1H3,(H,23,25)/b21-13-. The third kappa shape index (κ3) is 4.46. The van der Waals surface area contributed by atoms with Gasteiger partial charge in [-0.2, -0.15) is 5.10 Å². The van der Waals surface area contributed by atoms with Crippen molar-refractivity contribution in [2.45, 2.75) is 13.0 Å². The maximum absolute atomic E-state index is 12.2. The zero-order valence-corrected chi connectivity index (χ0v) is 14.6. The van der Waals surface area contributed by atoms with E-state index in [1.165, 1.54) is 18.3 Å². The van der Waals surface area contributed by atoms with E-state index >= 15 is 0 Å². The second-order valence-corrected chi connectivity index (χ2v) is 5.98. The van der Waals surface area contributed by atoms with Crippen molar-refractivity contribution < 1.29 is 9.72 Å². The average Bonchev–Trinajstić information content (AvgIpc) is 2.68. The number of nitro groups is 1. The van der Waals surface area contributed by atoms with Gasteiger partial charge in [0.1, 0.15) is 6.04 Å². The number of hydrazone groups is 1. The number of carbonyl (C=O) groups excluding carboxylic acids is 1. The zero-order valence-electron chi connectivity index (χ0n) is 14.6. The van der Waals surface area contributed by atoms with Crippen molar-refractivity contribution in [2.75, 3.05) is 5.32 Å². The molecule has 2 N–H and O–H groups in total. The number of benzene rings is 3. The SMILES string of the molecule is CC(Nc1cccc2ccccc12)C(=O)N/N=C\c1ccc([N+](=O)[O-])cc1. The smallest absolute Gasteiger partial charge is 0.269 e. The van der Waals surface area contributed by atoms with Crippen LogP contribution in [0.15, 0.2) is 71.8 Å². The highest BCUT2D eigenvalue weighted by Crippen LogP contribution is 2.23. The second kappa shape index (κ2) is 8.09. The van der Waals surface area contributed by atoms with Gasteiger partial charge in [0.05, 0.1) is 11.1 Å². The Morgan fingerprint density at radius 1 is 1.07 bits per heavy atom. The summed E-state index contributed by atoms with van der Waals surface area (Å²) in [5.74, 6) is -0.291. The molecular formula is C20H18N4O3. The maximum atomic E-state index is 12.2. The van der Waals surface area contributed by atoms with Gasteiger partial charge in [-0.05, 0) is 36.1 Å². The summed E-state index contributed by atoms with van der Waals surface area (Å²) >= 11 is 0. The highest BCUT2D eigenvalue weighted by atomic mass is 16.6. The summed E-state index contributed by atoms with van der Waals surface area (Å²) in [4.78, 5) is 22.4. The van der Waals surface area contributed by atoms with Gasteiger partial charge < -0.3 is 5.32 Å². The van der Waals surface area contributed by atoms with Crippen LogP contribution in [0.2, 0.25) is 0 Å². The zero-order chi connectivity index (χ0) is 19.2. The van der Waals surface area contributed by atoms with Crippen LogP contribution in [0.1, 0.15) is 12.5 Å². The quantitative estimate of drug-likeness (QED) is 0.397. The van der Waals surface area contributed by atoms with E-state index in [2.05, 4.69) is 15.8 Å². The Labute approximate surface area is 155 Å². The van der Waals surface area contributed by atoms with Crippen LogP contribution in [-0.4, -0.2) is 23.1 Å². The lowest BCUT2D eigenvalue weighted by atomic mass is 10.1. The molecule has 0 saturated carbocycles. The fraction of sp³-hybridized carbons (Fsp3) is 0.100. The molecule has 0 aliphatic carbocycles. The Kier molecular flexibility index (Phi) is 5.41. The number of hydrogen-bond donors (Lipinski definition) is 2. The monoisotopic (exact) mass is 362 g/mol. The van der Waals surface area contributed by atoms with Crippen LogP contribution in [0.3, 0.4) is 0 Å². The molecule has 7 nitrogen and oxygen atoms in total. The first-order valence-corrected chi connectivity index (χ1v) is 8.36. The normalized spacial score (nSPS) is 12.0. The van der Waals surface area contributed by atoms with Gasteiger partial charge in [-0.15, -0.1) is 0 Å². The Balaban J connectivity index is 1.61. The topological polar surface area (TPSA) is 96.6 Å². The number of nitrogens with one attached hydrogen (secondary N) is 2. The number of nitrogens with zero attached hydrogens (tertiary/aromatic N) is 2. The van der Waals surface area contributed by atoms with E-state index < -0.39 is 11.0 Å². The van der Waals surface area contributed by atoms with Crippen LogP contribution in [0, 0.1) is 10.1 Å². The van der Waals surface area contributed by atoms with E-state index in [0.717, 1.165) is 16.5 Å². The fourth-order valence-electron chi connectivity index (χ4n) is 2.60. The highest BCUT2D eigenvalue weighted by molar-refractivity contribution is 5.96. The molecule has 0 aliphatic heterocycles. The van der Waals surface area contributed by atoms with Crippen LogP contribution in [0.4, 0.5) is 11.4 Å². The summed E-state index contributed by atoms with van der Waals surface area (Å²) in [6, 6.07) is 19.2. The van der Waals surface area contributed by atoms with Crippen LogP contribution < -0.4 is 10.7 Å². The molecule has 3 rings (SSSR count). The van der Waals surface area contributed by atoms with Crippen molar-refractivity contribution >= 4 is 34.3 Å². The summed E-state index contributed by atoms with van der Waals surface area (Å²) in [5, 5.41) is 19.9. The predicted octanol–water partition coefficient (Wildman–Crippen LogP) is 3.70. The van der Waals surface area contributed by atoms with E-state index in [4.69, 9.17) is 0 Å². The van der Waals surface area contributed by atoms with Crippen LogP contribution in [0.5, 0.6) is 0 Å². The van der Waals surface area contributed by atoms with Crippen LogP contribution >= 0.6 is 0 Å². The van der Waals surface area contributed by atoms with Gasteiger partial charge in [-0.3, -0.25) is 14.9 Å². The lowest BCUT2D eigenvalue weighted by Crippen LogP contribution is -2.34. The number of amides is 1. The molecule has 136 valence electrons. The largest absolute Gasteiger partial charge is 0.373 e. The molecule has 3 aromatic carbocycles. The first-order valence-electron chi connectivity index (χ1n) is 8.36. The van der Waals surface area contributed by atoms with Crippen LogP contribution in [-0.2, 0) is 4.79 Å². The van der Waals surface area contributed by atoms with E-state index in [1.807, 2.05) is 42.5 Å². The van der Waals surface area contributed by atoms with Crippen LogP contribution in [0.25, 0.3) is 10.8 Å². The molecule has 0 saturated heterocycles. The predicted molar refractivity (Wildman–Crippen MR) is 106 cm³/mol. The lowest BCUT2D eigenvalue weighted by molar-refractivity contribution is -0.384. The van der Waals surface area contributed by atoms with Crippen molar-refractivity contribution in [3.63, 3.8) is 0 Å². The van der Waals surface area contributed by atoms with E-state index in [-0.39, 0.29) is 11.6 Å². The van der Waals surface area contributed by atoms with E-state index in [9.17, 15) is 14.9 Å². The number of non-ortho nitro benzene ring substituents is 1. The molecule has 0 spiro atoms. The van der Waals surface area contributed by atoms with Gasteiger partial charge in [-0.25, -0.2) is 5.43 Å². The van der Waals surface area contributed by atoms with Gasteiger partial charge in [0.15, 0.2) is 0 Å². The minimum Gasteiger partial charge on any atom is -0.373 e. The number of hydrogen-bond acceptors (Lipinski definition) is 5. The molecule has 0 radical (unpaired) electrons. The van der Waals surface area contributed by atoms with Gasteiger partial charge >= 0.3 is 0 Å². The summed E-state index contributed by atoms with van der Waals surface area (Å²) < 4.78 is 0.